The van der Waals surface area contributed by atoms with Crippen molar-refractivity contribution in [3.8, 4) is 0 Å². The van der Waals surface area contributed by atoms with Crippen LogP contribution in [0.4, 0.5) is 13.2 Å². The van der Waals surface area contributed by atoms with Crippen molar-refractivity contribution < 1.29 is 22.7 Å². The van der Waals surface area contributed by atoms with Gasteiger partial charge in [0.05, 0.1) is 23.2 Å². The maximum atomic E-state index is 12.7. The average molecular weight is 327 g/mol. The minimum atomic E-state index is -4.54. The first-order valence-corrected chi connectivity index (χ1v) is 7.25. The first-order valence-electron chi connectivity index (χ1n) is 7.25. The second kappa shape index (κ2) is 5.52. The molecule has 2 atom stereocenters. The average Bonchev–Trinajstić information content (AvgIpc) is 2.88. The van der Waals surface area contributed by atoms with Crippen molar-refractivity contribution in [3.63, 3.8) is 0 Å². The molecular weight excluding hydrogens is 311 g/mol. The summed E-state index contributed by atoms with van der Waals surface area (Å²) in [7, 11) is 0. The molecule has 0 unspecified atom stereocenters. The van der Waals surface area contributed by atoms with Gasteiger partial charge in [-0.15, -0.1) is 0 Å². The van der Waals surface area contributed by atoms with Crippen LogP contribution in [-0.2, 0) is 10.9 Å². The third kappa shape index (κ3) is 3.17. The second-order valence-corrected chi connectivity index (χ2v) is 5.78. The van der Waals surface area contributed by atoms with Crippen LogP contribution in [0.1, 0.15) is 30.0 Å². The van der Waals surface area contributed by atoms with Gasteiger partial charge in [0.25, 0.3) is 5.91 Å². The van der Waals surface area contributed by atoms with Crippen LogP contribution in [0.5, 0.6) is 0 Å². The van der Waals surface area contributed by atoms with Crippen LogP contribution in [0, 0.1) is 0 Å². The fourth-order valence-electron chi connectivity index (χ4n) is 2.80. The number of aromatic amines is 1. The smallest absolute Gasteiger partial charge is 0.372 e. The van der Waals surface area contributed by atoms with Gasteiger partial charge < -0.3 is 14.6 Å². The number of hydrogen-bond donors (Lipinski definition) is 1. The Labute approximate surface area is 130 Å². The van der Waals surface area contributed by atoms with E-state index in [1.165, 1.54) is 18.2 Å². The molecule has 0 aliphatic carbocycles. The number of halogens is 3. The fraction of sp³-hybridized carbons (Fsp3) is 0.467. The van der Waals surface area contributed by atoms with Crippen molar-refractivity contribution in [1.29, 1.82) is 0 Å². The highest BCUT2D eigenvalue weighted by atomic mass is 19.4. The molecule has 0 saturated carbocycles. The Balaban J connectivity index is 1.89. The van der Waals surface area contributed by atoms with E-state index in [0.29, 0.717) is 18.7 Å². The van der Waals surface area contributed by atoms with E-state index in [4.69, 9.17) is 4.74 Å². The minimum absolute atomic E-state index is 0.0737. The lowest BCUT2D eigenvalue weighted by Gasteiger charge is -2.35. The van der Waals surface area contributed by atoms with E-state index in [-0.39, 0.29) is 29.1 Å². The number of aromatic nitrogens is 2. The third-order valence-corrected chi connectivity index (χ3v) is 3.70. The van der Waals surface area contributed by atoms with Crippen molar-refractivity contribution in [2.45, 2.75) is 32.2 Å². The van der Waals surface area contributed by atoms with Gasteiger partial charge in [-0.25, -0.2) is 4.98 Å². The predicted molar refractivity (Wildman–Crippen MR) is 77.0 cm³/mol. The number of nitrogens with zero attached hydrogens (tertiary/aromatic N) is 2. The van der Waals surface area contributed by atoms with E-state index in [1.54, 1.807) is 4.90 Å². The monoisotopic (exact) mass is 327 g/mol. The Kier molecular flexibility index (Phi) is 3.79. The molecule has 1 aliphatic rings. The standard InChI is InChI=1S/C15H16F3N3O2/c1-8-6-21(7-9(2)23-8)13(22)10-3-4-11-12(5-10)20-14(19-11)15(16,17)18/h3-5,8-9H,6-7H2,1-2H3,(H,19,20)/t8-,9-/m1/s1. The normalized spacial score (nSPS) is 22.6. The molecule has 5 nitrogen and oxygen atoms in total. The van der Waals surface area contributed by atoms with E-state index in [9.17, 15) is 18.0 Å². The molecule has 3 rings (SSSR count). The number of H-pyrrole nitrogens is 1. The Hall–Kier alpha value is -2.09. The van der Waals surface area contributed by atoms with Crippen LogP contribution in [-0.4, -0.2) is 46.1 Å². The molecule has 0 radical (unpaired) electrons. The Bertz CT molecular complexity index is 731. The van der Waals surface area contributed by atoms with Gasteiger partial charge in [0.2, 0.25) is 5.82 Å². The van der Waals surface area contributed by atoms with Gasteiger partial charge in [-0.3, -0.25) is 4.79 Å². The van der Waals surface area contributed by atoms with Crippen LogP contribution >= 0.6 is 0 Å². The van der Waals surface area contributed by atoms with Gasteiger partial charge in [0, 0.05) is 18.7 Å². The number of benzene rings is 1. The number of hydrogen-bond acceptors (Lipinski definition) is 3. The summed E-state index contributed by atoms with van der Waals surface area (Å²) < 4.78 is 43.6. The highest BCUT2D eigenvalue weighted by molar-refractivity contribution is 5.97. The number of morpholine rings is 1. The zero-order valence-corrected chi connectivity index (χ0v) is 12.6. The zero-order valence-electron chi connectivity index (χ0n) is 12.6. The molecule has 2 heterocycles. The highest BCUT2D eigenvalue weighted by Crippen LogP contribution is 2.29. The van der Waals surface area contributed by atoms with Crippen molar-refractivity contribution >= 4 is 16.9 Å². The highest BCUT2D eigenvalue weighted by Gasteiger charge is 2.35. The molecule has 0 bridgehead atoms. The Morgan fingerprint density at radius 3 is 2.57 bits per heavy atom. The van der Waals surface area contributed by atoms with Gasteiger partial charge in [-0.2, -0.15) is 13.2 Å². The molecule has 1 N–H and O–H groups in total. The Morgan fingerprint density at radius 2 is 1.96 bits per heavy atom. The predicted octanol–water partition coefficient (Wildman–Crippen LogP) is 2.83. The molecule has 0 spiro atoms. The molecule has 124 valence electrons. The zero-order chi connectivity index (χ0) is 16.8. The number of imidazole rings is 1. The SMILES string of the molecule is C[C@@H]1CN(C(=O)c2ccc3nc(C(F)(F)F)[nH]c3c2)C[C@@H](C)O1. The van der Waals surface area contributed by atoms with Crippen molar-refractivity contribution in [3.05, 3.63) is 29.6 Å². The third-order valence-electron chi connectivity index (χ3n) is 3.70. The molecule has 1 amide bonds. The molecule has 1 aliphatic heterocycles. The summed E-state index contributed by atoms with van der Waals surface area (Å²) in [5, 5.41) is 0. The number of nitrogens with one attached hydrogen (secondary N) is 1. The van der Waals surface area contributed by atoms with Gasteiger partial charge >= 0.3 is 6.18 Å². The maximum Gasteiger partial charge on any atom is 0.449 e. The van der Waals surface area contributed by atoms with Crippen molar-refractivity contribution in [1.82, 2.24) is 14.9 Å². The quantitative estimate of drug-likeness (QED) is 0.876. The first-order chi connectivity index (χ1) is 10.7. The number of carbonyl (C=O) groups is 1. The molecule has 1 fully saturated rings. The summed E-state index contributed by atoms with van der Waals surface area (Å²) in [6.07, 6.45) is -4.69. The summed E-state index contributed by atoms with van der Waals surface area (Å²) in [6.45, 7) is 4.67. The largest absolute Gasteiger partial charge is 0.449 e. The molecule has 2 aromatic rings. The number of carbonyl (C=O) groups excluding carboxylic acids is 1. The van der Waals surface area contributed by atoms with E-state index >= 15 is 0 Å². The van der Waals surface area contributed by atoms with Gasteiger partial charge in [0.15, 0.2) is 0 Å². The lowest BCUT2D eigenvalue weighted by atomic mass is 10.1. The van der Waals surface area contributed by atoms with E-state index in [2.05, 4.69) is 9.97 Å². The van der Waals surface area contributed by atoms with E-state index < -0.39 is 12.0 Å². The summed E-state index contributed by atoms with van der Waals surface area (Å²) in [6, 6.07) is 4.32. The van der Waals surface area contributed by atoms with Crippen LogP contribution < -0.4 is 0 Å². The number of rotatable bonds is 1. The van der Waals surface area contributed by atoms with Gasteiger partial charge in [-0.1, -0.05) is 0 Å². The van der Waals surface area contributed by atoms with Crippen LogP contribution in [0.2, 0.25) is 0 Å². The molecule has 23 heavy (non-hydrogen) atoms. The topological polar surface area (TPSA) is 58.2 Å². The summed E-state index contributed by atoms with van der Waals surface area (Å²) in [5.41, 5.74) is 0.700. The second-order valence-electron chi connectivity index (χ2n) is 5.78. The number of ether oxygens (including phenoxy) is 1. The molecule has 1 aromatic carbocycles. The molecule has 1 aromatic heterocycles. The fourth-order valence-corrected chi connectivity index (χ4v) is 2.80. The Morgan fingerprint density at radius 1 is 1.30 bits per heavy atom. The number of alkyl halides is 3. The molecule has 1 saturated heterocycles. The van der Waals surface area contributed by atoms with Crippen LogP contribution in [0.15, 0.2) is 18.2 Å². The lowest BCUT2D eigenvalue weighted by Crippen LogP contribution is -2.48. The van der Waals surface area contributed by atoms with E-state index in [1.807, 2.05) is 13.8 Å². The first kappa shape index (κ1) is 15.8. The molecule has 8 heteroatoms. The number of amides is 1. The summed E-state index contributed by atoms with van der Waals surface area (Å²) >= 11 is 0. The summed E-state index contributed by atoms with van der Waals surface area (Å²) in [5.74, 6) is -1.29. The summed E-state index contributed by atoms with van der Waals surface area (Å²) in [4.78, 5) is 19.9. The van der Waals surface area contributed by atoms with Gasteiger partial charge in [-0.05, 0) is 32.0 Å². The van der Waals surface area contributed by atoms with Crippen LogP contribution in [0.3, 0.4) is 0 Å². The minimum Gasteiger partial charge on any atom is -0.372 e. The van der Waals surface area contributed by atoms with Crippen LogP contribution in [0.25, 0.3) is 11.0 Å². The maximum absolute atomic E-state index is 12.7. The number of fused-ring (bicyclic) bond motifs is 1. The van der Waals surface area contributed by atoms with Gasteiger partial charge in [0.1, 0.15) is 0 Å². The van der Waals surface area contributed by atoms with E-state index in [0.717, 1.165) is 0 Å². The van der Waals surface area contributed by atoms with Crippen molar-refractivity contribution in [2.75, 3.05) is 13.1 Å². The van der Waals surface area contributed by atoms with Crippen molar-refractivity contribution in [2.24, 2.45) is 0 Å². The molecular formula is C15H16F3N3O2. The lowest BCUT2D eigenvalue weighted by molar-refractivity contribution is -0.144.